The summed E-state index contributed by atoms with van der Waals surface area (Å²) in [6.45, 7) is -0.512. The molecule has 1 rings (SSSR count). The summed E-state index contributed by atoms with van der Waals surface area (Å²) in [6, 6.07) is 6.23. The number of nitrogens with one attached hydrogen (secondary N) is 1. The number of benzene rings is 1. The van der Waals surface area contributed by atoms with Crippen LogP contribution >= 0.6 is 11.6 Å². The van der Waals surface area contributed by atoms with Crippen molar-refractivity contribution < 1.29 is 18.7 Å². The molecule has 1 aromatic carbocycles. The van der Waals surface area contributed by atoms with Crippen LogP contribution in [0, 0.1) is 0 Å². The molecule has 0 spiro atoms. The predicted molar refractivity (Wildman–Crippen MR) is 55.8 cm³/mol. The molecule has 1 aromatic rings. The second-order valence-electron chi connectivity index (χ2n) is 3.09. The lowest BCUT2D eigenvalue weighted by molar-refractivity contribution is -0.00270. The van der Waals surface area contributed by atoms with Crippen molar-refractivity contribution in [2.24, 2.45) is 0 Å². The molecule has 0 aromatic heterocycles. The lowest BCUT2D eigenvalue weighted by Crippen LogP contribution is -2.35. The molecule has 0 saturated carbocycles. The maximum Gasteiger partial charge on any atom is 0.265 e. The second-order valence-corrected chi connectivity index (χ2v) is 3.50. The lowest BCUT2D eigenvalue weighted by Gasteiger charge is -2.11. The Hall–Kier alpha value is -1.20. The normalized spacial score (nSPS) is 12.6. The molecule has 88 valence electrons. The summed E-state index contributed by atoms with van der Waals surface area (Å²) in [6.07, 6.45) is -4.75. The zero-order valence-corrected chi connectivity index (χ0v) is 8.92. The maximum atomic E-state index is 11.9. The van der Waals surface area contributed by atoms with Gasteiger partial charge in [-0.2, -0.15) is 0 Å². The molecule has 0 bridgehead atoms. The standard InChI is InChI=1S/C10H10ClF2NO2/c11-7-4-2-1-3-6(7)10(16)14-5-8(15)9(12)13/h1-4,8-9,15H,5H2,(H,14,16). The van der Waals surface area contributed by atoms with Crippen molar-refractivity contribution >= 4 is 17.5 Å². The number of alkyl halides is 2. The van der Waals surface area contributed by atoms with Gasteiger partial charge >= 0.3 is 0 Å². The van der Waals surface area contributed by atoms with Crippen molar-refractivity contribution in [2.45, 2.75) is 12.5 Å². The highest BCUT2D eigenvalue weighted by Gasteiger charge is 2.18. The van der Waals surface area contributed by atoms with Crippen molar-refractivity contribution in [1.82, 2.24) is 5.32 Å². The highest BCUT2D eigenvalue weighted by molar-refractivity contribution is 6.33. The van der Waals surface area contributed by atoms with E-state index in [1.165, 1.54) is 12.1 Å². The summed E-state index contributed by atoms with van der Waals surface area (Å²) in [5.41, 5.74) is 0.186. The van der Waals surface area contributed by atoms with Crippen molar-refractivity contribution in [1.29, 1.82) is 0 Å². The molecule has 16 heavy (non-hydrogen) atoms. The van der Waals surface area contributed by atoms with Crippen molar-refractivity contribution in [3.05, 3.63) is 34.9 Å². The molecule has 0 saturated heterocycles. The van der Waals surface area contributed by atoms with Gasteiger partial charge in [0, 0.05) is 6.54 Å². The number of hydrogen-bond donors (Lipinski definition) is 2. The van der Waals surface area contributed by atoms with E-state index in [0.717, 1.165) is 0 Å². The van der Waals surface area contributed by atoms with Gasteiger partial charge in [0.25, 0.3) is 12.3 Å². The van der Waals surface area contributed by atoms with Gasteiger partial charge in [-0.15, -0.1) is 0 Å². The lowest BCUT2D eigenvalue weighted by atomic mass is 10.2. The van der Waals surface area contributed by atoms with Crippen molar-refractivity contribution in [3.8, 4) is 0 Å². The van der Waals surface area contributed by atoms with Crippen LogP contribution in [0.25, 0.3) is 0 Å². The molecule has 0 heterocycles. The monoisotopic (exact) mass is 249 g/mol. The predicted octanol–water partition coefficient (Wildman–Crippen LogP) is 1.70. The van der Waals surface area contributed by atoms with Crippen LogP contribution in [-0.4, -0.2) is 30.1 Å². The zero-order valence-electron chi connectivity index (χ0n) is 8.16. The van der Waals surface area contributed by atoms with Gasteiger partial charge in [-0.25, -0.2) is 8.78 Å². The molecule has 0 radical (unpaired) electrons. The molecule has 0 aliphatic rings. The maximum absolute atomic E-state index is 11.9. The molecular weight excluding hydrogens is 240 g/mol. The summed E-state index contributed by atoms with van der Waals surface area (Å²) in [5.74, 6) is -0.592. The first kappa shape index (κ1) is 12.9. The quantitative estimate of drug-likeness (QED) is 0.853. The third-order valence-electron chi connectivity index (χ3n) is 1.88. The minimum atomic E-state index is -2.88. The third-order valence-corrected chi connectivity index (χ3v) is 2.21. The number of aliphatic hydroxyl groups excluding tert-OH is 1. The van der Waals surface area contributed by atoms with Crippen LogP contribution in [0.4, 0.5) is 8.78 Å². The van der Waals surface area contributed by atoms with Gasteiger partial charge in [0.15, 0.2) is 0 Å². The summed E-state index contributed by atoms with van der Waals surface area (Å²) in [7, 11) is 0. The first-order valence-corrected chi connectivity index (χ1v) is 4.89. The number of carbonyl (C=O) groups is 1. The van der Waals surface area contributed by atoms with Crippen LogP contribution in [0.2, 0.25) is 5.02 Å². The van der Waals surface area contributed by atoms with E-state index in [-0.39, 0.29) is 10.6 Å². The molecule has 6 heteroatoms. The second kappa shape index (κ2) is 5.77. The molecule has 2 N–H and O–H groups in total. The molecule has 1 unspecified atom stereocenters. The highest BCUT2D eigenvalue weighted by atomic mass is 35.5. The van der Waals surface area contributed by atoms with Crippen LogP contribution in [0.3, 0.4) is 0 Å². The third kappa shape index (κ3) is 3.43. The fourth-order valence-corrected chi connectivity index (χ4v) is 1.25. The van der Waals surface area contributed by atoms with E-state index in [0.29, 0.717) is 0 Å². The van der Waals surface area contributed by atoms with E-state index in [9.17, 15) is 13.6 Å². The molecular formula is C10H10ClF2NO2. The SMILES string of the molecule is O=C(NCC(O)C(F)F)c1ccccc1Cl. The molecule has 0 fully saturated rings. The number of amides is 1. The number of hydrogen-bond acceptors (Lipinski definition) is 2. The van der Waals surface area contributed by atoms with Gasteiger partial charge < -0.3 is 10.4 Å². The Balaban J connectivity index is 2.57. The van der Waals surface area contributed by atoms with Gasteiger partial charge in [0.1, 0.15) is 6.10 Å². The van der Waals surface area contributed by atoms with E-state index in [4.69, 9.17) is 16.7 Å². The Morgan fingerprint density at radius 2 is 2.06 bits per heavy atom. The van der Waals surface area contributed by atoms with Gasteiger partial charge in [-0.3, -0.25) is 4.79 Å². The summed E-state index contributed by atoms with van der Waals surface area (Å²) < 4.78 is 23.9. The summed E-state index contributed by atoms with van der Waals surface area (Å²) in [5, 5.41) is 11.2. The Labute approximate surface area is 96.0 Å². The van der Waals surface area contributed by atoms with Gasteiger partial charge in [-0.05, 0) is 12.1 Å². The van der Waals surface area contributed by atoms with Gasteiger partial charge in [0.2, 0.25) is 0 Å². The summed E-state index contributed by atoms with van der Waals surface area (Å²) >= 11 is 5.73. The fourth-order valence-electron chi connectivity index (χ4n) is 1.03. The topological polar surface area (TPSA) is 49.3 Å². The van der Waals surface area contributed by atoms with Crippen LogP contribution in [-0.2, 0) is 0 Å². The Morgan fingerprint density at radius 1 is 1.44 bits per heavy atom. The molecule has 0 aliphatic heterocycles. The average molecular weight is 250 g/mol. The van der Waals surface area contributed by atoms with Crippen LogP contribution in [0.5, 0.6) is 0 Å². The van der Waals surface area contributed by atoms with Gasteiger partial charge in [0.05, 0.1) is 10.6 Å². The van der Waals surface area contributed by atoms with Crippen molar-refractivity contribution in [3.63, 3.8) is 0 Å². The van der Waals surface area contributed by atoms with E-state index >= 15 is 0 Å². The smallest absolute Gasteiger partial charge is 0.265 e. The number of halogens is 3. The van der Waals surface area contributed by atoms with Crippen LogP contribution in [0.15, 0.2) is 24.3 Å². The minimum Gasteiger partial charge on any atom is -0.385 e. The van der Waals surface area contributed by atoms with E-state index in [2.05, 4.69) is 5.32 Å². The van der Waals surface area contributed by atoms with Gasteiger partial charge in [-0.1, -0.05) is 23.7 Å². The fraction of sp³-hybridized carbons (Fsp3) is 0.300. The van der Waals surface area contributed by atoms with E-state index in [1.54, 1.807) is 12.1 Å². The van der Waals surface area contributed by atoms with Crippen LogP contribution < -0.4 is 5.32 Å². The first-order chi connectivity index (χ1) is 7.52. The largest absolute Gasteiger partial charge is 0.385 e. The zero-order chi connectivity index (χ0) is 12.1. The highest BCUT2D eigenvalue weighted by Crippen LogP contribution is 2.14. The Kier molecular flexibility index (Phi) is 4.64. The van der Waals surface area contributed by atoms with Crippen molar-refractivity contribution in [2.75, 3.05) is 6.54 Å². The minimum absolute atomic E-state index is 0.186. The first-order valence-electron chi connectivity index (χ1n) is 4.51. The molecule has 1 atom stereocenters. The van der Waals surface area contributed by atoms with Crippen LogP contribution in [0.1, 0.15) is 10.4 Å². The van der Waals surface area contributed by atoms with E-state index in [1.807, 2.05) is 0 Å². The number of rotatable bonds is 4. The van der Waals surface area contributed by atoms with E-state index < -0.39 is 25.0 Å². The number of carbonyl (C=O) groups excluding carboxylic acids is 1. The Bertz CT molecular complexity index is 374. The molecule has 3 nitrogen and oxygen atoms in total. The average Bonchev–Trinajstić information content (AvgIpc) is 2.25. The molecule has 0 aliphatic carbocycles. The Morgan fingerprint density at radius 3 is 2.62 bits per heavy atom. The number of aliphatic hydroxyl groups is 1. The molecule has 1 amide bonds. The summed E-state index contributed by atoms with van der Waals surface area (Å²) in [4.78, 5) is 11.4.